The van der Waals surface area contributed by atoms with Crippen LogP contribution in [0.15, 0.2) is 59.0 Å². The molecule has 150 valence electrons. The number of furan rings is 1. The smallest absolute Gasteiger partial charge is 0.228 e. The summed E-state index contributed by atoms with van der Waals surface area (Å²) in [4.78, 5) is 29.0. The molecule has 1 fully saturated rings. The molecule has 0 radical (unpaired) electrons. The van der Waals surface area contributed by atoms with Crippen LogP contribution in [0.4, 0.5) is 5.69 Å². The summed E-state index contributed by atoms with van der Waals surface area (Å²) < 4.78 is 11.2. The van der Waals surface area contributed by atoms with E-state index in [0.29, 0.717) is 12.3 Å². The molecule has 3 aromatic rings. The predicted octanol–water partition coefficient (Wildman–Crippen LogP) is 4.01. The summed E-state index contributed by atoms with van der Waals surface area (Å²) in [5.41, 5.74) is 1.55. The standard InChI is InChI=1S/C23H24N2O4/c1-15(21-11-16-7-4-5-10-20(16)29-21)24(2)23(27)17-12-22(26)25(14-17)18-8-6-9-19(13-18)28-3/h4-11,13,15,17H,12,14H2,1-3H3/t15-,17+/m1/s1. The first kappa shape index (κ1) is 19.1. The van der Waals surface area contributed by atoms with Crippen molar-refractivity contribution in [1.29, 1.82) is 0 Å². The molecule has 1 aliphatic heterocycles. The second kappa shape index (κ2) is 7.62. The number of carbonyl (C=O) groups excluding carboxylic acids is 2. The first-order valence-electron chi connectivity index (χ1n) is 9.67. The van der Waals surface area contributed by atoms with Crippen molar-refractivity contribution in [2.24, 2.45) is 5.92 Å². The van der Waals surface area contributed by atoms with E-state index in [-0.39, 0.29) is 30.2 Å². The zero-order valence-corrected chi connectivity index (χ0v) is 16.8. The van der Waals surface area contributed by atoms with Gasteiger partial charge in [-0.15, -0.1) is 0 Å². The normalized spacial score (nSPS) is 17.6. The number of fused-ring (bicyclic) bond motifs is 1. The largest absolute Gasteiger partial charge is 0.497 e. The van der Waals surface area contributed by atoms with Crippen LogP contribution in [-0.4, -0.2) is 37.4 Å². The molecule has 2 amide bonds. The van der Waals surface area contributed by atoms with Crippen LogP contribution in [0.5, 0.6) is 5.75 Å². The number of rotatable bonds is 5. The summed E-state index contributed by atoms with van der Waals surface area (Å²) in [6, 6.07) is 16.8. The molecule has 1 aromatic heterocycles. The SMILES string of the molecule is COc1cccc(N2C[C@@H](C(=O)N(C)[C@H](C)c3cc4ccccc4o3)CC2=O)c1. The van der Waals surface area contributed by atoms with Crippen LogP contribution < -0.4 is 9.64 Å². The Kier molecular flexibility index (Phi) is 5.01. The molecule has 0 bridgehead atoms. The fourth-order valence-corrected chi connectivity index (χ4v) is 3.78. The Hall–Kier alpha value is -3.28. The van der Waals surface area contributed by atoms with E-state index in [1.165, 1.54) is 0 Å². The molecule has 4 rings (SSSR count). The number of nitrogens with zero attached hydrogens (tertiary/aromatic N) is 2. The summed E-state index contributed by atoms with van der Waals surface area (Å²) >= 11 is 0. The number of para-hydroxylation sites is 1. The number of carbonyl (C=O) groups is 2. The van der Waals surface area contributed by atoms with E-state index in [0.717, 1.165) is 22.4 Å². The van der Waals surface area contributed by atoms with Gasteiger partial charge < -0.3 is 19.0 Å². The number of anilines is 1. The number of hydrogen-bond acceptors (Lipinski definition) is 4. The lowest BCUT2D eigenvalue weighted by molar-refractivity contribution is -0.136. The minimum absolute atomic E-state index is 0.0543. The highest BCUT2D eigenvalue weighted by Crippen LogP contribution is 2.31. The molecule has 6 nitrogen and oxygen atoms in total. The molecular formula is C23H24N2O4. The fraction of sp³-hybridized carbons (Fsp3) is 0.304. The molecule has 0 saturated carbocycles. The van der Waals surface area contributed by atoms with Crippen molar-refractivity contribution in [3.63, 3.8) is 0 Å². The molecule has 2 heterocycles. The van der Waals surface area contributed by atoms with Crippen molar-refractivity contribution in [3.8, 4) is 5.75 Å². The van der Waals surface area contributed by atoms with Crippen LogP contribution in [0.2, 0.25) is 0 Å². The zero-order valence-electron chi connectivity index (χ0n) is 16.8. The molecule has 0 unspecified atom stereocenters. The monoisotopic (exact) mass is 392 g/mol. The minimum atomic E-state index is -0.384. The van der Waals surface area contributed by atoms with Crippen molar-refractivity contribution in [1.82, 2.24) is 4.90 Å². The van der Waals surface area contributed by atoms with Crippen LogP contribution in [-0.2, 0) is 9.59 Å². The Bertz CT molecular complexity index is 1020. The van der Waals surface area contributed by atoms with Crippen LogP contribution in [0.3, 0.4) is 0 Å². The first-order valence-corrected chi connectivity index (χ1v) is 9.67. The number of methoxy groups -OCH3 is 1. The number of hydrogen-bond donors (Lipinski definition) is 0. The van der Waals surface area contributed by atoms with Gasteiger partial charge in [0.05, 0.1) is 19.1 Å². The van der Waals surface area contributed by atoms with E-state index in [1.807, 2.05) is 61.5 Å². The molecular weight excluding hydrogens is 368 g/mol. The van der Waals surface area contributed by atoms with E-state index in [2.05, 4.69) is 0 Å². The lowest BCUT2D eigenvalue weighted by Crippen LogP contribution is -2.36. The van der Waals surface area contributed by atoms with E-state index < -0.39 is 0 Å². The topological polar surface area (TPSA) is 63.0 Å². The van der Waals surface area contributed by atoms with E-state index in [9.17, 15) is 9.59 Å². The number of ether oxygens (including phenoxy) is 1. The van der Waals surface area contributed by atoms with Crippen molar-refractivity contribution in [2.75, 3.05) is 25.6 Å². The molecule has 0 N–H and O–H groups in total. The predicted molar refractivity (Wildman–Crippen MR) is 111 cm³/mol. The molecule has 1 saturated heterocycles. The maximum Gasteiger partial charge on any atom is 0.228 e. The van der Waals surface area contributed by atoms with Gasteiger partial charge in [-0.3, -0.25) is 9.59 Å². The summed E-state index contributed by atoms with van der Waals surface area (Å²) in [5, 5.41) is 1.01. The average Bonchev–Trinajstić information content (AvgIpc) is 3.35. The minimum Gasteiger partial charge on any atom is -0.497 e. The lowest BCUT2D eigenvalue weighted by atomic mass is 10.1. The third-order valence-corrected chi connectivity index (χ3v) is 5.62. The second-order valence-corrected chi connectivity index (χ2v) is 7.42. The molecule has 2 aromatic carbocycles. The molecule has 2 atom stereocenters. The van der Waals surface area contributed by atoms with E-state index >= 15 is 0 Å². The highest BCUT2D eigenvalue weighted by molar-refractivity contribution is 6.00. The van der Waals surface area contributed by atoms with Crippen LogP contribution in [0.25, 0.3) is 11.0 Å². The Morgan fingerprint density at radius 2 is 2.00 bits per heavy atom. The van der Waals surface area contributed by atoms with Gasteiger partial charge in [-0.05, 0) is 31.2 Å². The Balaban J connectivity index is 1.49. The average molecular weight is 392 g/mol. The van der Waals surface area contributed by atoms with Crippen molar-refractivity contribution in [2.45, 2.75) is 19.4 Å². The Morgan fingerprint density at radius 3 is 2.76 bits per heavy atom. The van der Waals surface area contributed by atoms with Gasteiger partial charge in [0.15, 0.2) is 0 Å². The lowest BCUT2D eigenvalue weighted by Gasteiger charge is -2.26. The molecule has 6 heteroatoms. The van der Waals surface area contributed by atoms with Gasteiger partial charge in [0.25, 0.3) is 0 Å². The van der Waals surface area contributed by atoms with Crippen LogP contribution >= 0.6 is 0 Å². The maximum absolute atomic E-state index is 13.1. The summed E-state index contributed by atoms with van der Waals surface area (Å²) in [6.07, 6.45) is 0.202. The van der Waals surface area contributed by atoms with Crippen molar-refractivity contribution in [3.05, 3.63) is 60.4 Å². The maximum atomic E-state index is 13.1. The van der Waals surface area contributed by atoms with Gasteiger partial charge in [0.2, 0.25) is 11.8 Å². The van der Waals surface area contributed by atoms with Crippen molar-refractivity contribution < 1.29 is 18.7 Å². The zero-order chi connectivity index (χ0) is 20.5. The Morgan fingerprint density at radius 1 is 1.21 bits per heavy atom. The molecule has 0 aliphatic carbocycles. The van der Waals surface area contributed by atoms with E-state index in [4.69, 9.17) is 9.15 Å². The molecule has 1 aliphatic rings. The summed E-state index contributed by atoms with van der Waals surface area (Å²) in [6.45, 7) is 2.30. The van der Waals surface area contributed by atoms with E-state index in [1.54, 1.807) is 24.0 Å². The number of benzene rings is 2. The van der Waals surface area contributed by atoms with Gasteiger partial charge in [-0.1, -0.05) is 24.3 Å². The quantitative estimate of drug-likeness (QED) is 0.658. The summed E-state index contributed by atoms with van der Waals surface area (Å²) in [5.74, 6) is 0.917. The molecule has 0 spiro atoms. The highest BCUT2D eigenvalue weighted by Gasteiger charge is 2.38. The first-order chi connectivity index (χ1) is 14.0. The summed E-state index contributed by atoms with van der Waals surface area (Å²) in [7, 11) is 3.35. The highest BCUT2D eigenvalue weighted by atomic mass is 16.5. The van der Waals surface area contributed by atoms with Gasteiger partial charge >= 0.3 is 0 Å². The van der Waals surface area contributed by atoms with Crippen molar-refractivity contribution >= 4 is 28.5 Å². The third-order valence-electron chi connectivity index (χ3n) is 5.62. The van der Waals surface area contributed by atoms with Gasteiger partial charge in [-0.2, -0.15) is 0 Å². The Labute approximate surface area is 169 Å². The second-order valence-electron chi connectivity index (χ2n) is 7.42. The van der Waals surface area contributed by atoms with Crippen LogP contribution in [0, 0.1) is 5.92 Å². The number of amides is 2. The van der Waals surface area contributed by atoms with Gasteiger partial charge in [0.1, 0.15) is 17.1 Å². The molecule has 29 heavy (non-hydrogen) atoms. The van der Waals surface area contributed by atoms with Crippen LogP contribution in [0.1, 0.15) is 25.1 Å². The fourth-order valence-electron chi connectivity index (χ4n) is 3.78. The van der Waals surface area contributed by atoms with Gasteiger partial charge in [-0.25, -0.2) is 0 Å². The van der Waals surface area contributed by atoms with Gasteiger partial charge in [0, 0.05) is 37.2 Å². The third kappa shape index (κ3) is 3.58.